The summed E-state index contributed by atoms with van der Waals surface area (Å²) in [6, 6.07) is 12.8. The SMILES string of the molecule is [C-]#[N+]c1ccc(-c2nc(N3CCC(NC(=O)OC(C)(C)C)CC3)cc(C#N)c2-c2ccc(OC)c(O)c2)cc1F. The number of halogens is 1. The standard InChI is InChI=1S/C30H30FN5O4/c1-30(2,3)40-29(38)34-21-10-12-36(13-11-21)26-16-20(17-32)27(18-7-9-25(39-5)24(37)15-18)28(35-26)19-6-8-23(33-4)22(31)14-19/h6-9,14-16,21,37H,10-13H2,1-3,5H3,(H,34,38). The molecule has 1 amide bonds. The van der Waals surface area contributed by atoms with Crippen LogP contribution in [0, 0.1) is 23.7 Å². The van der Waals surface area contributed by atoms with Crippen LogP contribution in [0.15, 0.2) is 42.5 Å². The molecule has 3 aromatic rings. The number of nitriles is 1. The zero-order valence-electron chi connectivity index (χ0n) is 22.8. The number of phenols is 1. The number of amides is 1. The number of hydrogen-bond acceptors (Lipinski definition) is 7. The van der Waals surface area contributed by atoms with E-state index in [1.807, 2.05) is 25.7 Å². The summed E-state index contributed by atoms with van der Waals surface area (Å²) in [6.45, 7) is 13.7. The number of piperidine rings is 1. The van der Waals surface area contributed by atoms with E-state index in [1.165, 1.54) is 25.3 Å². The van der Waals surface area contributed by atoms with Gasteiger partial charge >= 0.3 is 6.09 Å². The number of phenolic OH excluding ortho intramolecular Hbond substituents is 1. The molecule has 10 heteroatoms. The van der Waals surface area contributed by atoms with E-state index >= 15 is 0 Å². The smallest absolute Gasteiger partial charge is 0.407 e. The average Bonchev–Trinajstić information content (AvgIpc) is 2.91. The molecule has 40 heavy (non-hydrogen) atoms. The highest BCUT2D eigenvalue weighted by Crippen LogP contribution is 2.40. The Hall–Kier alpha value is -4.83. The highest BCUT2D eigenvalue weighted by Gasteiger charge is 2.26. The van der Waals surface area contributed by atoms with Crippen molar-refractivity contribution in [1.82, 2.24) is 10.3 Å². The Bertz CT molecular complexity index is 1510. The Morgan fingerprint density at radius 1 is 1.20 bits per heavy atom. The number of rotatable bonds is 5. The highest BCUT2D eigenvalue weighted by atomic mass is 19.1. The van der Waals surface area contributed by atoms with Gasteiger partial charge in [0.25, 0.3) is 0 Å². The van der Waals surface area contributed by atoms with Crippen molar-refractivity contribution in [2.45, 2.75) is 45.3 Å². The number of carbonyl (C=O) groups is 1. The third kappa shape index (κ3) is 6.24. The van der Waals surface area contributed by atoms with Crippen molar-refractivity contribution in [1.29, 1.82) is 5.26 Å². The largest absolute Gasteiger partial charge is 0.504 e. The molecule has 206 valence electrons. The van der Waals surface area contributed by atoms with Crippen LogP contribution in [0.25, 0.3) is 27.2 Å². The topological polar surface area (TPSA) is 112 Å². The monoisotopic (exact) mass is 543 g/mol. The van der Waals surface area contributed by atoms with E-state index in [0.717, 1.165) is 0 Å². The maximum Gasteiger partial charge on any atom is 0.407 e. The molecule has 2 aromatic carbocycles. The lowest BCUT2D eigenvalue weighted by atomic mass is 9.94. The summed E-state index contributed by atoms with van der Waals surface area (Å²) < 4.78 is 25.2. The lowest BCUT2D eigenvalue weighted by Gasteiger charge is -2.34. The highest BCUT2D eigenvalue weighted by molar-refractivity contribution is 5.87. The number of aromatic hydroxyl groups is 1. The van der Waals surface area contributed by atoms with Crippen molar-refractivity contribution in [2.24, 2.45) is 0 Å². The van der Waals surface area contributed by atoms with Gasteiger partial charge in [-0.3, -0.25) is 0 Å². The zero-order chi connectivity index (χ0) is 29.0. The fourth-order valence-electron chi connectivity index (χ4n) is 4.60. The van der Waals surface area contributed by atoms with Crippen molar-refractivity contribution in [3.8, 4) is 40.0 Å². The maximum atomic E-state index is 14.7. The molecule has 0 spiro atoms. The fraction of sp³-hybridized carbons (Fsp3) is 0.333. The molecule has 0 bridgehead atoms. The van der Waals surface area contributed by atoms with E-state index in [9.17, 15) is 19.6 Å². The molecule has 1 aromatic heterocycles. The summed E-state index contributed by atoms with van der Waals surface area (Å²) in [5.74, 6) is -0.0223. The van der Waals surface area contributed by atoms with Crippen molar-refractivity contribution < 1.29 is 23.8 Å². The number of nitrogens with zero attached hydrogens (tertiary/aromatic N) is 4. The minimum Gasteiger partial charge on any atom is -0.504 e. The Balaban J connectivity index is 1.72. The van der Waals surface area contributed by atoms with Crippen LogP contribution < -0.4 is 15.0 Å². The average molecular weight is 544 g/mol. The number of anilines is 1. The van der Waals surface area contributed by atoms with E-state index in [4.69, 9.17) is 21.0 Å². The number of pyridine rings is 1. The normalized spacial score (nSPS) is 13.7. The Labute approximate surface area is 232 Å². The Morgan fingerprint density at radius 2 is 1.90 bits per heavy atom. The summed E-state index contributed by atoms with van der Waals surface area (Å²) >= 11 is 0. The number of carbonyl (C=O) groups excluding carboxylic acids is 1. The molecule has 1 aliphatic rings. The molecule has 2 N–H and O–H groups in total. The Kier molecular flexibility index (Phi) is 8.11. The van der Waals surface area contributed by atoms with Gasteiger partial charge in [0, 0.05) is 30.3 Å². The number of hydrogen-bond donors (Lipinski definition) is 2. The molecule has 0 atom stereocenters. The van der Waals surface area contributed by atoms with Crippen LogP contribution >= 0.6 is 0 Å². The summed E-state index contributed by atoms with van der Waals surface area (Å²) in [5.41, 5.74) is 1.21. The van der Waals surface area contributed by atoms with Gasteiger partial charge in [0.05, 0.1) is 31.0 Å². The van der Waals surface area contributed by atoms with E-state index < -0.39 is 17.5 Å². The first kappa shape index (κ1) is 28.2. The van der Waals surface area contributed by atoms with Gasteiger partial charge in [0.2, 0.25) is 5.69 Å². The number of methoxy groups -OCH3 is 1. The minimum absolute atomic E-state index is 0.0715. The summed E-state index contributed by atoms with van der Waals surface area (Å²) in [7, 11) is 1.44. The summed E-state index contributed by atoms with van der Waals surface area (Å²) in [6.07, 6.45) is 0.816. The molecule has 0 saturated carbocycles. The molecule has 0 unspecified atom stereocenters. The van der Waals surface area contributed by atoms with Crippen LogP contribution in [0.3, 0.4) is 0 Å². The van der Waals surface area contributed by atoms with E-state index in [2.05, 4.69) is 16.2 Å². The molecule has 1 fully saturated rings. The quantitative estimate of drug-likeness (QED) is 0.369. The van der Waals surface area contributed by atoms with E-state index in [-0.39, 0.29) is 28.8 Å². The zero-order valence-corrected chi connectivity index (χ0v) is 22.8. The van der Waals surface area contributed by atoms with Crippen LogP contribution in [-0.4, -0.2) is 48.0 Å². The molecule has 9 nitrogen and oxygen atoms in total. The van der Waals surface area contributed by atoms with E-state index in [0.29, 0.717) is 54.1 Å². The van der Waals surface area contributed by atoms with Crippen LogP contribution in [0.2, 0.25) is 0 Å². The van der Waals surface area contributed by atoms with Crippen LogP contribution in [0.4, 0.5) is 20.7 Å². The molecule has 2 heterocycles. The second-order valence-corrected chi connectivity index (χ2v) is 10.4. The van der Waals surface area contributed by atoms with Gasteiger partial charge in [-0.05, 0) is 63.4 Å². The number of aromatic nitrogens is 1. The first-order chi connectivity index (χ1) is 19.0. The van der Waals surface area contributed by atoms with Crippen molar-refractivity contribution in [2.75, 3.05) is 25.1 Å². The van der Waals surface area contributed by atoms with Gasteiger partial charge in [-0.25, -0.2) is 19.0 Å². The molecule has 4 rings (SSSR count). The molecule has 1 saturated heterocycles. The summed E-state index contributed by atoms with van der Waals surface area (Å²) in [4.78, 5) is 22.3. The van der Waals surface area contributed by atoms with Crippen molar-refractivity contribution in [3.63, 3.8) is 0 Å². The van der Waals surface area contributed by atoms with Gasteiger partial charge < -0.3 is 24.8 Å². The minimum atomic E-state index is -0.698. The van der Waals surface area contributed by atoms with E-state index in [1.54, 1.807) is 24.3 Å². The second-order valence-electron chi connectivity index (χ2n) is 10.4. The van der Waals surface area contributed by atoms with Gasteiger partial charge in [0.15, 0.2) is 11.5 Å². The third-order valence-corrected chi connectivity index (χ3v) is 6.48. The van der Waals surface area contributed by atoms with Crippen LogP contribution in [0.1, 0.15) is 39.2 Å². The van der Waals surface area contributed by atoms with Crippen LogP contribution in [-0.2, 0) is 4.74 Å². The second kappa shape index (κ2) is 11.5. The predicted molar refractivity (Wildman–Crippen MR) is 149 cm³/mol. The van der Waals surface area contributed by atoms with Crippen molar-refractivity contribution in [3.05, 3.63) is 65.3 Å². The lowest BCUT2D eigenvalue weighted by molar-refractivity contribution is 0.0497. The third-order valence-electron chi connectivity index (χ3n) is 6.48. The van der Waals surface area contributed by atoms with Crippen molar-refractivity contribution >= 4 is 17.6 Å². The molecule has 1 aliphatic heterocycles. The maximum absolute atomic E-state index is 14.7. The first-order valence-electron chi connectivity index (χ1n) is 12.8. The number of nitrogens with one attached hydrogen (secondary N) is 1. The van der Waals surface area contributed by atoms with Gasteiger partial charge in [0.1, 0.15) is 17.2 Å². The number of alkyl carbamates (subject to hydrolysis) is 1. The molecular formula is C30H30FN5O4. The van der Waals surface area contributed by atoms with Crippen LogP contribution in [0.5, 0.6) is 11.5 Å². The molecule has 0 aliphatic carbocycles. The molecule has 0 radical (unpaired) electrons. The van der Waals surface area contributed by atoms with Gasteiger partial charge in [-0.2, -0.15) is 5.26 Å². The number of benzene rings is 2. The number of ether oxygens (including phenoxy) is 2. The van der Waals surface area contributed by atoms with Gasteiger partial charge in [-0.1, -0.05) is 18.2 Å². The predicted octanol–water partition coefficient (Wildman–Crippen LogP) is 6.18. The first-order valence-corrected chi connectivity index (χ1v) is 12.8. The molecular weight excluding hydrogens is 513 g/mol. The fourth-order valence-corrected chi connectivity index (χ4v) is 4.60. The van der Waals surface area contributed by atoms with Gasteiger partial charge in [-0.15, -0.1) is 0 Å². The Morgan fingerprint density at radius 3 is 2.48 bits per heavy atom. The lowest BCUT2D eigenvalue weighted by Crippen LogP contribution is -2.46. The summed E-state index contributed by atoms with van der Waals surface area (Å²) in [5, 5.41) is 23.5.